The molecule has 1 fully saturated rings. The molecule has 1 aliphatic carbocycles. The van der Waals surface area contributed by atoms with E-state index in [9.17, 15) is 4.79 Å². The van der Waals surface area contributed by atoms with Gasteiger partial charge in [0.2, 0.25) is 5.91 Å². The van der Waals surface area contributed by atoms with Crippen molar-refractivity contribution in [3.05, 3.63) is 12.2 Å². The summed E-state index contributed by atoms with van der Waals surface area (Å²) in [5.74, 6) is 1.33. The van der Waals surface area contributed by atoms with Crippen LogP contribution in [0.15, 0.2) is 6.33 Å². The second kappa shape index (κ2) is 9.15. The lowest BCUT2D eigenvalue weighted by Gasteiger charge is -2.14. The number of rotatable bonds is 5. The summed E-state index contributed by atoms with van der Waals surface area (Å²) in [6.45, 7) is 3.22. The highest BCUT2D eigenvalue weighted by atomic mass is 35.5. The van der Waals surface area contributed by atoms with Gasteiger partial charge in [0.15, 0.2) is 0 Å². The van der Waals surface area contributed by atoms with Crippen LogP contribution in [0.3, 0.4) is 0 Å². The van der Waals surface area contributed by atoms with Crippen LogP contribution in [0.1, 0.15) is 31.5 Å². The molecule has 1 heterocycles. The second-order valence-corrected chi connectivity index (χ2v) is 4.98. The number of amides is 1. The minimum atomic E-state index is 0. The van der Waals surface area contributed by atoms with Crippen LogP contribution in [0.4, 0.5) is 0 Å². The van der Waals surface area contributed by atoms with E-state index in [1.165, 1.54) is 0 Å². The number of hydrogen-bond acceptors (Lipinski definition) is 4. The molecule has 0 saturated heterocycles. The van der Waals surface area contributed by atoms with Crippen molar-refractivity contribution in [2.75, 3.05) is 6.54 Å². The first-order chi connectivity index (χ1) is 8.66. The van der Waals surface area contributed by atoms with Crippen LogP contribution in [0, 0.1) is 12.8 Å². The smallest absolute Gasteiger partial charge is 0.220 e. The van der Waals surface area contributed by atoms with Gasteiger partial charge in [-0.05, 0) is 25.7 Å². The summed E-state index contributed by atoms with van der Waals surface area (Å²) in [5.41, 5.74) is 5.95. The van der Waals surface area contributed by atoms with E-state index in [-0.39, 0.29) is 36.8 Å². The summed E-state index contributed by atoms with van der Waals surface area (Å²) in [7, 11) is 0. The van der Waals surface area contributed by atoms with Crippen molar-refractivity contribution in [3.63, 3.8) is 0 Å². The van der Waals surface area contributed by atoms with Crippen molar-refractivity contribution in [3.8, 4) is 0 Å². The number of nitrogens with one attached hydrogen (secondary N) is 1. The van der Waals surface area contributed by atoms with Crippen molar-refractivity contribution in [2.45, 2.75) is 45.2 Å². The van der Waals surface area contributed by atoms with E-state index < -0.39 is 0 Å². The maximum atomic E-state index is 11.8. The van der Waals surface area contributed by atoms with E-state index in [0.29, 0.717) is 25.4 Å². The standard InChI is InChI=1S/C12H21N5O.2ClH/c1-9-16-15-8-17(9)6-5-14-12(18)7-10-3-2-4-11(10)13;;/h8,10-11H,2-7,13H2,1H3,(H,14,18);2*1H/t10-,11+;;/m0../s1. The molecule has 0 aliphatic heterocycles. The van der Waals surface area contributed by atoms with Gasteiger partial charge in [-0.15, -0.1) is 35.0 Å². The average molecular weight is 324 g/mol. The molecule has 1 aliphatic rings. The Balaban J connectivity index is 0.00000180. The highest BCUT2D eigenvalue weighted by Gasteiger charge is 2.25. The third-order valence-electron chi connectivity index (χ3n) is 3.65. The Bertz CT molecular complexity index is 412. The average Bonchev–Trinajstić information content (AvgIpc) is 2.90. The van der Waals surface area contributed by atoms with Gasteiger partial charge < -0.3 is 15.6 Å². The highest BCUT2D eigenvalue weighted by molar-refractivity contribution is 5.85. The monoisotopic (exact) mass is 323 g/mol. The molecule has 0 bridgehead atoms. The zero-order valence-corrected chi connectivity index (χ0v) is 13.3. The molecule has 2 atom stereocenters. The Morgan fingerprint density at radius 1 is 1.50 bits per heavy atom. The number of hydrogen-bond donors (Lipinski definition) is 2. The van der Waals surface area contributed by atoms with Crippen LogP contribution >= 0.6 is 24.8 Å². The fourth-order valence-corrected chi connectivity index (χ4v) is 2.48. The first kappa shape index (κ1) is 19.1. The molecule has 0 radical (unpaired) electrons. The molecular weight excluding hydrogens is 301 g/mol. The minimum absolute atomic E-state index is 0. The summed E-state index contributed by atoms with van der Waals surface area (Å²) in [6.07, 6.45) is 5.52. The normalized spacial score (nSPS) is 20.9. The van der Waals surface area contributed by atoms with Crippen molar-refractivity contribution in [1.29, 1.82) is 0 Å². The lowest BCUT2D eigenvalue weighted by atomic mass is 10.00. The van der Waals surface area contributed by atoms with Gasteiger partial charge in [-0.2, -0.15) is 0 Å². The van der Waals surface area contributed by atoms with Crippen LogP contribution in [0.25, 0.3) is 0 Å². The number of aromatic nitrogens is 3. The lowest BCUT2D eigenvalue weighted by Crippen LogP contribution is -2.33. The van der Waals surface area contributed by atoms with Gasteiger partial charge in [-0.25, -0.2) is 0 Å². The van der Waals surface area contributed by atoms with Crippen LogP contribution in [0.5, 0.6) is 0 Å². The van der Waals surface area contributed by atoms with Gasteiger partial charge in [-0.1, -0.05) is 6.42 Å². The van der Waals surface area contributed by atoms with Gasteiger partial charge in [0.25, 0.3) is 0 Å². The Labute approximate surface area is 131 Å². The molecule has 1 amide bonds. The Morgan fingerprint density at radius 2 is 2.25 bits per heavy atom. The van der Waals surface area contributed by atoms with Crippen molar-refractivity contribution in [2.24, 2.45) is 11.7 Å². The van der Waals surface area contributed by atoms with E-state index in [4.69, 9.17) is 5.73 Å². The molecule has 1 aromatic heterocycles. The molecule has 20 heavy (non-hydrogen) atoms. The topological polar surface area (TPSA) is 85.8 Å². The van der Waals surface area contributed by atoms with Crippen LogP contribution in [-0.2, 0) is 11.3 Å². The Hall–Kier alpha value is -0.850. The van der Waals surface area contributed by atoms with Gasteiger partial charge >= 0.3 is 0 Å². The minimum Gasteiger partial charge on any atom is -0.354 e. The predicted molar refractivity (Wildman–Crippen MR) is 82.2 cm³/mol. The summed E-state index contributed by atoms with van der Waals surface area (Å²) in [6, 6.07) is 0.204. The summed E-state index contributed by atoms with van der Waals surface area (Å²) >= 11 is 0. The number of aryl methyl sites for hydroxylation is 1. The molecule has 8 heteroatoms. The first-order valence-electron chi connectivity index (χ1n) is 6.53. The second-order valence-electron chi connectivity index (χ2n) is 4.98. The highest BCUT2D eigenvalue weighted by Crippen LogP contribution is 2.26. The largest absolute Gasteiger partial charge is 0.354 e. The molecule has 0 spiro atoms. The summed E-state index contributed by atoms with van der Waals surface area (Å²) in [4.78, 5) is 11.8. The van der Waals surface area contributed by atoms with E-state index in [1.54, 1.807) is 6.33 Å². The SMILES string of the molecule is Cc1nncn1CCNC(=O)C[C@@H]1CCC[C@H]1N.Cl.Cl. The molecule has 116 valence electrons. The molecule has 3 N–H and O–H groups in total. The van der Waals surface area contributed by atoms with Crippen molar-refractivity contribution >= 4 is 30.7 Å². The Kier molecular flexibility index (Phi) is 8.76. The molecule has 1 saturated carbocycles. The zero-order chi connectivity index (χ0) is 13.0. The predicted octanol–water partition coefficient (Wildman–Crippen LogP) is 1.06. The van der Waals surface area contributed by atoms with E-state index >= 15 is 0 Å². The van der Waals surface area contributed by atoms with E-state index in [1.807, 2.05) is 11.5 Å². The molecule has 0 aromatic carbocycles. The maximum absolute atomic E-state index is 11.8. The number of carbonyl (C=O) groups excluding carboxylic acids is 1. The summed E-state index contributed by atoms with van der Waals surface area (Å²) < 4.78 is 1.92. The third kappa shape index (κ3) is 5.26. The Morgan fingerprint density at radius 3 is 2.80 bits per heavy atom. The van der Waals surface area contributed by atoms with E-state index in [0.717, 1.165) is 25.1 Å². The number of carbonyl (C=O) groups is 1. The molecule has 1 aromatic rings. The van der Waals surface area contributed by atoms with Crippen LogP contribution in [0.2, 0.25) is 0 Å². The van der Waals surface area contributed by atoms with E-state index in [2.05, 4.69) is 15.5 Å². The summed E-state index contributed by atoms with van der Waals surface area (Å²) in [5, 5.41) is 10.6. The van der Waals surface area contributed by atoms with Crippen LogP contribution < -0.4 is 11.1 Å². The number of nitrogens with zero attached hydrogens (tertiary/aromatic N) is 3. The van der Waals surface area contributed by atoms with Crippen LogP contribution in [-0.4, -0.2) is 33.3 Å². The lowest BCUT2D eigenvalue weighted by molar-refractivity contribution is -0.122. The molecular formula is C12H23Cl2N5O. The quantitative estimate of drug-likeness (QED) is 0.848. The van der Waals surface area contributed by atoms with Gasteiger partial charge in [0.1, 0.15) is 12.2 Å². The maximum Gasteiger partial charge on any atom is 0.220 e. The van der Waals surface area contributed by atoms with Gasteiger partial charge in [0.05, 0.1) is 0 Å². The molecule has 0 unspecified atom stereocenters. The fraction of sp³-hybridized carbons (Fsp3) is 0.750. The van der Waals surface area contributed by atoms with Crippen molar-refractivity contribution < 1.29 is 4.79 Å². The van der Waals surface area contributed by atoms with Crippen molar-refractivity contribution in [1.82, 2.24) is 20.1 Å². The third-order valence-corrected chi connectivity index (χ3v) is 3.65. The number of nitrogens with two attached hydrogens (primary N) is 1. The first-order valence-corrected chi connectivity index (χ1v) is 6.53. The molecule has 6 nitrogen and oxygen atoms in total. The number of halogens is 2. The molecule has 2 rings (SSSR count). The van der Waals surface area contributed by atoms with Gasteiger partial charge in [-0.3, -0.25) is 4.79 Å². The van der Waals surface area contributed by atoms with Gasteiger partial charge in [0, 0.05) is 25.6 Å². The zero-order valence-electron chi connectivity index (χ0n) is 11.6. The fourth-order valence-electron chi connectivity index (χ4n) is 2.48.